The summed E-state index contributed by atoms with van der Waals surface area (Å²) in [6.07, 6.45) is 4.29. The Balaban J connectivity index is 1.25. The number of ketones is 2. The third-order valence-electron chi connectivity index (χ3n) is 13.9. The van der Waals surface area contributed by atoms with E-state index in [1.165, 1.54) is 0 Å². The topological polar surface area (TPSA) is 137 Å². The Morgan fingerprint density at radius 1 is 0.729 bits per heavy atom. The summed E-state index contributed by atoms with van der Waals surface area (Å²) >= 11 is 0. The molecule has 7 heterocycles. The summed E-state index contributed by atoms with van der Waals surface area (Å²) in [4.78, 5) is 30.1. The summed E-state index contributed by atoms with van der Waals surface area (Å²) < 4.78 is 40.3. The lowest BCUT2D eigenvalue weighted by Crippen LogP contribution is -2.76. The maximum absolute atomic E-state index is 15.4. The summed E-state index contributed by atoms with van der Waals surface area (Å²) in [5.41, 5.74) is -2.75. The average molecular weight is 669 g/mol. The highest BCUT2D eigenvalue weighted by Gasteiger charge is 2.86. The summed E-state index contributed by atoms with van der Waals surface area (Å²) in [5, 5.41) is 22.3. The van der Waals surface area contributed by atoms with Gasteiger partial charge in [0.2, 0.25) is 0 Å². The number of carbonyl (C=O) groups excluding carboxylic acids is 2. The van der Waals surface area contributed by atoms with E-state index in [-0.39, 0.29) is 42.5 Å². The van der Waals surface area contributed by atoms with Gasteiger partial charge >= 0.3 is 0 Å². The fourth-order valence-corrected chi connectivity index (χ4v) is 11.2. The number of Topliss-reactive ketones (excluding diaryl/α,β-unsaturated/α-hetero) is 2. The van der Waals surface area contributed by atoms with Gasteiger partial charge in [0, 0.05) is 35.8 Å². The Bertz CT molecular complexity index is 1500. The number of aliphatic hydroxyl groups is 2. The van der Waals surface area contributed by atoms with Crippen LogP contribution in [0.2, 0.25) is 0 Å². The van der Waals surface area contributed by atoms with Gasteiger partial charge in [0.05, 0.1) is 47.3 Å². The molecule has 10 rings (SSSR count). The van der Waals surface area contributed by atoms with Crippen molar-refractivity contribution < 1.29 is 48.2 Å². The van der Waals surface area contributed by atoms with Crippen LogP contribution < -0.4 is 0 Å². The molecule has 6 fully saturated rings. The fourth-order valence-electron chi connectivity index (χ4n) is 11.2. The van der Waals surface area contributed by atoms with Crippen molar-refractivity contribution in [3.63, 3.8) is 0 Å². The first-order valence-electron chi connectivity index (χ1n) is 18.7. The molecule has 48 heavy (non-hydrogen) atoms. The Morgan fingerprint density at radius 3 is 1.96 bits per heavy atom. The van der Waals surface area contributed by atoms with Crippen LogP contribution in [0.1, 0.15) is 106 Å². The van der Waals surface area contributed by atoms with Gasteiger partial charge in [-0.25, -0.2) is 0 Å². The molecule has 10 aliphatic rings. The van der Waals surface area contributed by atoms with Crippen LogP contribution in [-0.2, 0) is 38.0 Å². The lowest BCUT2D eigenvalue weighted by molar-refractivity contribution is -0.246. The summed E-state index contributed by atoms with van der Waals surface area (Å²) in [7, 11) is 0. The first-order chi connectivity index (χ1) is 22.8. The van der Waals surface area contributed by atoms with Crippen LogP contribution in [0.5, 0.6) is 0 Å². The summed E-state index contributed by atoms with van der Waals surface area (Å²) in [6.45, 7) is 11.9. The van der Waals surface area contributed by atoms with Crippen LogP contribution in [0.3, 0.4) is 0 Å². The number of ether oxygens (including phenoxy) is 6. The van der Waals surface area contributed by atoms with E-state index >= 15 is 4.79 Å². The number of aliphatic hydroxyl groups excluding tert-OH is 2. The van der Waals surface area contributed by atoms with Crippen LogP contribution in [0.25, 0.3) is 0 Å². The molecule has 3 aliphatic carbocycles. The highest BCUT2D eigenvalue weighted by Crippen LogP contribution is 2.73. The average Bonchev–Trinajstić information content (AvgIpc) is 3.95. The van der Waals surface area contributed by atoms with Crippen LogP contribution in [0.15, 0.2) is 23.0 Å². The number of unbranched alkanes of at least 4 members (excludes halogenated alkanes) is 4. The second-order valence-electron chi connectivity index (χ2n) is 17.4. The molecule has 1 saturated carbocycles. The Morgan fingerprint density at radius 2 is 1.31 bits per heavy atom. The molecular formula is C38H52O10. The van der Waals surface area contributed by atoms with E-state index in [1.54, 1.807) is 6.26 Å². The predicted molar refractivity (Wildman–Crippen MR) is 171 cm³/mol. The Labute approximate surface area is 282 Å². The number of fused-ring (bicyclic) bond motifs is 2. The lowest BCUT2D eigenvalue weighted by atomic mass is 9.43. The molecule has 0 aromatic rings. The molecule has 2 bridgehead atoms. The molecule has 7 aliphatic heterocycles. The second kappa shape index (κ2) is 10.2. The van der Waals surface area contributed by atoms with Crippen molar-refractivity contribution >= 4 is 11.6 Å². The van der Waals surface area contributed by atoms with Crippen molar-refractivity contribution in [2.75, 3.05) is 0 Å². The van der Waals surface area contributed by atoms with E-state index < -0.39 is 76.5 Å². The standard InChI is InChI=1S/C38H52O10/c1-7-9-11-13-19-23-24-25(30-37(32(47-37)27(24)41)16-22(40)35(5,6)46-30)31(44-19)38-18(17-43-20(26(23)38)14-12-10-8-2)29-36(33(48-36)28(38)42)15-21(39)34(3,4)45-29/h17,19-23,26,29-33,39-40H,7-16H2,1-6H3/t19-,20+,21+,22+,23-,26-,29+,30-,31+,32+,33+,36-,37-,38?/m1/s1. The van der Waals surface area contributed by atoms with Gasteiger partial charge in [-0.05, 0) is 52.5 Å². The number of hydrogen-bond acceptors (Lipinski definition) is 10. The molecule has 264 valence electrons. The van der Waals surface area contributed by atoms with Crippen molar-refractivity contribution in [2.24, 2.45) is 17.3 Å². The minimum absolute atomic E-state index is 0.0488. The van der Waals surface area contributed by atoms with Gasteiger partial charge in [0.1, 0.15) is 35.6 Å². The molecular weight excluding hydrogens is 616 g/mol. The Kier molecular flexibility index (Phi) is 6.88. The van der Waals surface area contributed by atoms with Gasteiger partial charge in [0.25, 0.3) is 0 Å². The van der Waals surface area contributed by atoms with Crippen LogP contribution in [0.4, 0.5) is 0 Å². The van der Waals surface area contributed by atoms with Crippen molar-refractivity contribution in [1.29, 1.82) is 0 Å². The number of carbonyl (C=O) groups is 2. The quantitative estimate of drug-likeness (QED) is 0.288. The molecule has 0 radical (unpaired) electrons. The van der Waals surface area contributed by atoms with E-state index in [1.807, 2.05) is 27.7 Å². The van der Waals surface area contributed by atoms with Gasteiger partial charge in [-0.3, -0.25) is 9.59 Å². The number of hydrogen-bond donors (Lipinski definition) is 2. The van der Waals surface area contributed by atoms with Crippen LogP contribution in [0, 0.1) is 17.3 Å². The molecule has 0 amide bonds. The lowest BCUT2D eigenvalue weighted by Gasteiger charge is -2.66. The monoisotopic (exact) mass is 668 g/mol. The van der Waals surface area contributed by atoms with E-state index in [9.17, 15) is 15.0 Å². The fraction of sp³-hybridized carbons (Fsp3) is 0.842. The zero-order chi connectivity index (χ0) is 33.8. The van der Waals surface area contributed by atoms with E-state index in [4.69, 9.17) is 28.4 Å². The number of epoxide rings is 2. The van der Waals surface area contributed by atoms with E-state index in [2.05, 4.69) is 13.8 Å². The molecule has 0 aromatic carbocycles. The molecule has 0 aromatic heterocycles. The van der Waals surface area contributed by atoms with Gasteiger partial charge < -0.3 is 38.6 Å². The third kappa shape index (κ3) is 3.84. The summed E-state index contributed by atoms with van der Waals surface area (Å²) in [5.74, 6) is -0.863. The van der Waals surface area contributed by atoms with Gasteiger partial charge in [0.15, 0.2) is 17.7 Å². The summed E-state index contributed by atoms with van der Waals surface area (Å²) in [6, 6.07) is 0. The molecule has 3 spiro atoms. The second-order valence-corrected chi connectivity index (χ2v) is 17.4. The van der Waals surface area contributed by atoms with E-state index in [0.29, 0.717) is 11.1 Å². The van der Waals surface area contributed by atoms with Gasteiger partial charge in [-0.15, -0.1) is 0 Å². The first-order valence-corrected chi connectivity index (χ1v) is 18.7. The zero-order valence-electron chi connectivity index (χ0n) is 29.2. The molecule has 14 atom stereocenters. The van der Waals surface area contributed by atoms with Crippen molar-refractivity contribution in [3.8, 4) is 0 Å². The molecule has 10 nitrogen and oxygen atoms in total. The SMILES string of the molecule is CCCCC[C@@H]1OC=C2[C@@H]3OC(C)(C)[C@@H](O)C[C@@]34O[C@H]4C(=O)C23[C@H]1[C@H]1C2=C([C@H]4OC(C)(C)[C@@H](O)C[C@@]45O[C@H]5C2=O)[C@@H]3O[C@@H]1CCCCC. The molecule has 1 unspecified atom stereocenters. The zero-order valence-corrected chi connectivity index (χ0v) is 29.2. The minimum atomic E-state index is -1.19. The normalized spacial score (nSPS) is 51.2. The molecule has 2 N–H and O–H groups in total. The number of rotatable bonds is 8. The minimum Gasteiger partial charge on any atom is -0.498 e. The maximum Gasteiger partial charge on any atom is 0.191 e. The molecule has 5 saturated heterocycles. The first kappa shape index (κ1) is 32.3. The van der Waals surface area contributed by atoms with Crippen LogP contribution >= 0.6 is 0 Å². The smallest absolute Gasteiger partial charge is 0.191 e. The van der Waals surface area contributed by atoms with Gasteiger partial charge in [-0.1, -0.05) is 46.0 Å². The Hall–Kier alpha value is -1.66. The highest BCUT2D eigenvalue weighted by atomic mass is 16.7. The highest BCUT2D eigenvalue weighted by molar-refractivity contribution is 6.07. The third-order valence-corrected chi connectivity index (χ3v) is 13.9. The van der Waals surface area contributed by atoms with Gasteiger partial charge in [-0.2, -0.15) is 0 Å². The van der Waals surface area contributed by atoms with Crippen molar-refractivity contribution in [3.05, 3.63) is 23.0 Å². The predicted octanol–water partition coefficient (Wildman–Crippen LogP) is 4.02. The van der Waals surface area contributed by atoms with Crippen LogP contribution in [-0.4, -0.2) is 99.1 Å². The maximum atomic E-state index is 15.4. The molecule has 10 heteroatoms. The largest absolute Gasteiger partial charge is 0.498 e. The van der Waals surface area contributed by atoms with E-state index in [0.717, 1.165) is 56.9 Å². The van der Waals surface area contributed by atoms with Crippen molar-refractivity contribution in [1.82, 2.24) is 0 Å². The van der Waals surface area contributed by atoms with Crippen molar-refractivity contribution in [2.45, 2.75) is 183 Å².